The second-order valence-corrected chi connectivity index (χ2v) is 4.36. The van der Waals surface area contributed by atoms with Crippen molar-refractivity contribution in [3.8, 4) is 0 Å². The van der Waals surface area contributed by atoms with Crippen LogP contribution >= 0.6 is 15.9 Å². The van der Waals surface area contributed by atoms with E-state index in [1.54, 1.807) is 0 Å². The summed E-state index contributed by atoms with van der Waals surface area (Å²) in [6.45, 7) is 0. The highest BCUT2D eigenvalue weighted by Gasteiger charge is 2.27. The number of benzene rings is 1. The van der Waals surface area contributed by atoms with E-state index in [0.717, 1.165) is 22.9 Å². The molecule has 0 saturated carbocycles. The van der Waals surface area contributed by atoms with Crippen molar-refractivity contribution in [3.63, 3.8) is 0 Å². The lowest BCUT2D eigenvalue weighted by atomic mass is 10.0. The number of halogens is 1. The first-order valence-corrected chi connectivity index (χ1v) is 5.30. The molecule has 3 N–H and O–H groups in total. The van der Waals surface area contributed by atoms with Crippen LogP contribution in [0.5, 0.6) is 0 Å². The summed E-state index contributed by atoms with van der Waals surface area (Å²) in [6.07, 6.45) is 1.81. The van der Waals surface area contributed by atoms with Gasteiger partial charge in [-0.1, -0.05) is 22.0 Å². The standard InChI is InChI=1S/C10H11BrN2O/c11-7-2-4-8-6(5-7)1-3-9(8)10(14)13-12/h2,4-5,9H,1,3,12H2,(H,13,14). The number of hydrazine groups is 1. The first kappa shape index (κ1) is 9.68. The third kappa shape index (κ3) is 1.55. The van der Waals surface area contributed by atoms with Gasteiger partial charge in [0.25, 0.3) is 0 Å². The predicted octanol–water partition coefficient (Wildman–Crippen LogP) is 1.47. The zero-order valence-corrected chi connectivity index (χ0v) is 9.17. The number of hydrogen-bond acceptors (Lipinski definition) is 2. The number of carbonyl (C=O) groups is 1. The van der Waals surface area contributed by atoms with E-state index in [4.69, 9.17) is 5.84 Å². The molecule has 0 radical (unpaired) electrons. The average Bonchev–Trinajstić information content (AvgIpc) is 2.59. The fourth-order valence-electron chi connectivity index (χ4n) is 1.96. The van der Waals surface area contributed by atoms with E-state index in [9.17, 15) is 4.79 Å². The van der Waals surface area contributed by atoms with Gasteiger partial charge < -0.3 is 0 Å². The molecule has 1 aromatic rings. The first-order valence-electron chi connectivity index (χ1n) is 4.51. The molecule has 1 aliphatic rings. The molecule has 3 nitrogen and oxygen atoms in total. The van der Waals surface area contributed by atoms with Crippen molar-refractivity contribution in [2.75, 3.05) is 0 Å². The molecule has 0 aromatic heterocycles. The monoisotopic (exact) mass is 254 g/mol. The van der Waals surface area contributed by atoms with Crippen molar-refractivity contribution in [2.45, 2.75) is 18.8 Å². The van der Waals surface area contributed by atoms with E-state index < -0.39 is 0 Å². The van der Waals surface area contributed by atoms with Crippen molar-refractivity contribution in [1.29, 1.82) is 0 Å². The van der Waals surface area contributed by atoms with Crippen molar-refractivity contribution in [2.24, 2.45) is 5.84 Å². The van der Waals surface area contributed by atoms with E-state index in [-0.39, 0.29) is 11.8 Å². The Bertz CT molecular complexity index is 378. The molecule has 4 heteroatoms. The third-order valence-corrected chi connectivity index (χ3v) is 3.13. The lowest BCUT2D eigenvalue weighted by molar-refractivity contribution is -0.122. The van der Waals surface area contributed by atoms with Gasteiger partial charge in [-0.2, -0.15) is 0 Å². The summed E-state index contributed by atoms with van der Waals surface area (Å²) < 4.78 is 1.06. The Labute approximate surface area is 90.8 Å². The molecule has 74 valence electrons. The Morgan fingerprint density at radius 2 is 2.36 bits per heavy atom. The van der Waals surface area contributed by atoms with Crippen LogP contribution in [0, 0.1) is 0 Å². The highest BCUT2D eigenvalue weighted by atomic mass is 79.9. The second kappa shape index (κ2) is 3.71. The van der Waals surface area contributed by atoms with Crippen LogP contribution in [0.1, 0.15) is 23.5 Å². The van der Waals surface area contributed by atoms with Crippen molar-refractivity contribution >= 4 is 21.8 Å². The van der Waals surface area contributed by atoms with Crippen LogP contribution in [0.3, 0.4) is 0 Å². The van der Waals surface area contributed by atoms with Crippen LogP contribution in [0.2, 0.25) is 0 Å². The Kier molecular flexibility index (Phi) is 2.56. The van der Waals surface area contributed by atoms with Gasteiger partial charge in [0, 0.05) is 4.47 Å². The molecule has 1 aromatic carbocycles. The molecule has 0 heterocycles. The Balaban J connectivity index is 2.35. The van der Waals surface area contributed by atoms with E-state index in [1.165, 1.54) is 5.56 Å². The quantitative estimate of drug-likeness (QED) is 0.453. The second-order valence-electron chi connectivity index (χ2n) is 3.44. The van der Waals surface area contributed by atoms with E-state index >= 15 is 0 Å². The molecule has 1 unspecified atom stereocenters. The number of rotatable bonds is 1. The van der Waals surface area contributed by atoms with Crippen LogP contribution in [0.25, 0.3) is 0 Å². The Hall–Kier alpha value is -0.870. The maximum absolute atomic E-state index is 11.4. The summed E-state index contributed by atoms with van der Waals surface area (Å²) in [5.41, 5.74) is 4.56. The molecule has 14 heavy (non-hydrogen) atoms. The molecule has 1 atom stereocenters. The number of hydrogen-bond donors (Lipinski definition) is 2. The molecular formula is C10H11BrN2O. The molecular weight excluding hydrogens is 244 g/mol. The number of nitrogens with one attached hydrogen (secondary N) is 1. The van der Waals surface area contributed by atoms with Gasteiger partial charge >= 0.3 is 0 Å². The molecule has 0 saturated heterocycles. The van der Waals surface area contributed by atoms with Gasteiger partial charge in [-0.3, -0.25) is 10.2 Å². The highest BCUT2D eigenvalue weighted by molar-refractivity contribution is 9.10. The number of aryl methyl sites for hydroxylation is 1. The minimum atomic E-state index is -0.0916. The van der Waals surface area contributed by atoms with Gasteiger partial charge in [-0.15, -0.1) is 0 Å². The van der Waals surface area contributed by atoms with Crippen LogP contribution in [-0.4, -0.2) is 5.91 Å². The minimum Gasteiger partial charge on any atom is -0.294 e. The maximum Gasteiger partial charge on any atom is 0.241 e. The van der Waals surface area contributed by atoms with Crippen LogP contribution in [0.4, 0.5) is 0 Å². The smallest absolute Gasteiger partial charge is 0.241 e. The van der Waals surface area contributed by atoms with Crippen molar-refractivity contribution < 1.29 is 4.79 Å². The number of fused-ring (bicyclic) bond motifs is 1. The van der Waals surface area contributed by atoms with Crippen LogP contribution in [-0.2, 0) is 11.2 Å². The number of nitrogens with two attached hydrogens (primary N) is 1. The third-order valence-electron chi connectivity index (χ3n) is 2.64. The Morgan fingerprint density at radius 1 is 1.57 bits per heavy atom. The molecule has 0 fully saturated rings. The van der Waals surface area contributed by atoms with Gasteiger partial charge in [-0.05, 0) is 36.1 Å². The number of carbonyl (C=O) groups excluding carboxylic acids is 1. The summed E-state index contributed by atoms with van der Waals surface area (Å²) in [5, 5.41) is 0. The summed E-state index contributed by atoms with van der Waals surface area (Å²) in [6, 6.07) is 6.02. The van der Waals surface area contributed by atoms with Crippen molar-refractivity contribution in [3.05, 3.63) is 33.8 Å². The fourth-order valence-corrected chi connectivity index (χ4v) is 2.37. The first-order chi connectivity index (χ1) is 6.72. The fraction of sp³-hybridized carbons (Fsp3) is 0.300. The molecule has 0 aliphatic heterocycles. The lowest BCUT2D eigenvalue weighted by Gasteiger charge is -2.09. The summed E-state index contributed by atoms with van der Waals surface area (Å²) in [7, 11) is 0. The zero-order chi connectivity index (χ0) is 10.1. The molecule has 1 amide bonds. The van der Waals surface area contributed by atoms with Gasteiger partial charge in [0.2, 0.25) is 5.91 Å². The highest BCUT2D eigenvalue weighted by Crippen LogP contribution is 2.34. The SMILES string of the molecule is NNC(=O)C1CCc2cc(Br)ccc21. The van der Waals surface area contributed by atoms with Gasteiger partial charge in [0.05, 0.1) is 5.92 Å². The van der Waals surface area contributed by atoms with Crippen LogP contribution < -0.4 is 11.3 Å². The summed E-state index contributed by atoms with van der Waals surface area (Å²) in [4.78, 5) is 11.4. The van der Waals surface area contributed by atoms with Gasteiger partial charge in [0.15, 0.2) is 0 Å². The van der Waals surface area contributed by atoms with Crippen LogP contribution in [0.15, 0.2) is 22.7 Å². The predicted molar refractivity (Wildman–Crippen MR) is 57.5 cm³/mol. The van der Waals surface area contributed by atoms with E-state index in [2.05, 4.69) is 27.4 Å². The number of amides is 1. The molecule has 2 rings (SSSR count). The molecule has 0 bridgehead atoms. The summed E-state index contributed by atoms with van der Waals surface area (Å²) >= 11 is 3.41. The van der Waals surface area contributed by atoms with Gasteiger partial charge in [-0.25, -0.2) is 5.84 Å². The largest absolute Gasteiger partial charge is 0.294 e. The van der Waals surface area contributed by atoms with E-state index in [0.29, 0.717) is 0 Å². The van der Waals surface area contributed by atoms with E-state index in [1.807, 2.05) is 12.1 Å². The summed E-state index contributed by atoms with van der Waals surface area (Å²) in [5.74, 6) is 4.97. The Morgan fingerprint density at radius 3 is 3.07 bits per heavy atom. The molecule has 1 aliphatic carbocycles. The maximum atomic E-state index is 11.4. The molecule has 0 spiro atoms. The average molecular weight is 255 g/mol. The van der Waals surface area contributed by atoms with Gasteiger partial charge in [0.1, 0.15) is 0 Å². The zero-order valence-electron chi connectivity index (χ0n) is 7.59. The lowest BCUT2D eigenvalue weighted by Crippen LogP contribution is -2.33. The topological polar surface area (TPSA) is 55.1 Å². The minimum absolute atomic E-state index is 0.0666. The normalized spacial score (nSPS) is 19.1. The van der Waals surface area contributed by atoms with Crippen molar-refractivity contribution in [1.82, 2.24) is 5.43 Å².